The minimum Gasteiger partial charge on any atom is -0.398 e. The van der Waals surface area contributed by atoms with E-state index in [2.05, 4.69) is 11.1 Å². The molecule has 18 heavy (non-hydrogen) atoms. The van der Waals surface area contributed by atoms with Gasteiger partial charge in [0, 0.05) is 16.3 Å². The summed E-state index contributed by atoms with van der Waals surface area (Å²) in [4.78, 5) is 4.61. The number of aromatic nitrogens is 1. The Balaban J connectivity index is 2.22. The highest BCUT2D eigenvalue weighted by Crippen LogP contribution is 2.34. The monoisotopic (exact) mass is 274 g/mol. The number of aryl methyl sites for hydroxylation is 1. The van der Waals surface area contributed by atoms with E-state index in [-0.39, 0.29) is 0 Å². The van der Waals surface area contributed by atoms with Crippen LogP contribution in [0.4, 0.5) is 5.69 Å². The Bertz CT molecular complexity index is 734. The SMILES string of the molecule is Cc1ccc(N)c(-c2nc3ccc(Cl)cc3s2)c1. The number of nitrogens with zero attached hydrogens (tertiary/aromatic N) is 1. The molecule has 0 unspecified atom stereocenters. The third-order valence-corrected chi connectivity index (χ3v) is 4.08. The zero-order valence-corrected chi connectivity index (χ0v) is 11.3. The number of nitrogen functional groups attached to an aromatic ring is 1. The van der Waals surface area contributed by atoms with Crippen molar-refractivity contribution < 1.29 is 0 Å². The van der Waals surface area contributed by atoms with Gasteiger partial charge in [-0.3, -0.25) is 0 Å². The summed E-state index contributed by atoms with van der Waals surface area (Å²) < 4.78 is 1.08. The molecule has 3 rings (SSSR count). The highest BCUT2D eigenvalue weighted by Gasteiger charge is 2.09. The van der Waals surface area contributed by atoms with Gasteiger partial charge in [-0.15, -0.1) is 11.3 Å². The van der Waals surface area contributed by atoms with Gasteiger partial charge < -0.3 is 5.73 Å². The van der Waals surface area contributed by atoms with Crippen LogP contribution < -0.4 is 5.73 Å². The van der Waals surface area contributed by atoms with Crippen LogP contribution in [0.1, 0.15) is 5.56 Å². The van der Waals surface area contributed by atoms with Crippen LogP contribution in [0, 0.1) is 6.92 Å². The van der Waals surface area contributed by atoms with E-state index in [1.807, 2.05) is 37.3 Å². The van der Waals surface area contributed by atoms with Crippen LogP contribution in [-0.2, 0) is 0 Å². The summed E-state index contributed by atoms with van der Waals surface area (Å²) in [6.07, 6.45) is 0. The second kappa shape index (κ2) is 4.26. The Morgan fingerprint density at radius 2 is 2.00 bits per heavy atom. The molecule has 0 saturated carbocycles. The lowest BCUT2D eigenvalue weighted by Crippen LogP contribution is -1.89. The van der Waals surface area contributed by atoms with E-state index < -0.39 is 0 Å². The first-order valence-corrected chi connectivity index (χ1v) is 6.75. The molecule has 2 N–H and O–H groups in total. The molecule has 4 heteroatoms. The molecule has 0 amide bonds. The predicted octanol–water partition coefficient (Wildman–Crippen LogP) is 4.51. The van der Waals surface area contributed by atoms with Gasteiger partial charge in [-0.2, -0.15) is 0 Å². The number of halogens is 1. The summed E-state index contributed by atoms with van der Waals surface area (Å²) in [7, 11) is 0. The van der Waals surface area contributed by atoms with Crippen LogP contribution in [0.5, 0.6) is 0 Å². The number of hydrogen-bond donors (Lipinski definition) is 1. The minimum absolute atomic E-state index is 0.731. The summed E-state index contributed by atoms with van der Waals surface area (Å²) in [6, 6.07) is 11.7. The first-order chi connectivity index (χ1) is 8.63. The molecule has 0 spiro atoms. The van der Waals surface area contributed by atoms with Crippen molar-refractivity contribution in [1.29, 1.82) is 0 Å². The molecule has 0 aliphatic rings. The van der Waals surface area contributed by atoms with Gasteiger partial charge in [-0.1, -0.05) is 23.2 Å². The molecule has 2 nitrogen and oxygen atoms in total. The third kappa shape index (κ3) is 1.96. The van der Waals surface area contributed by atoms with Crippen molar-refractivity contribution in [3.05, 3.63) is 47.0 Å². The Labute approximate surface area is 114 Å². The maximum Gasteiger partial charge on any atom is 0.126 e. The van der Waals surface area contributed by atoms with E-state index in [0.717, 1.165) is 31.5 Å². The smallest absolute Gasteiger partial charge is 0.126 e. The largest absolute Gasteiger partial charge is 0.398 e. The quantitative estimate of drug-likeness (QED) is 0.663. The number of nitrogens with two attached hydrogens (primary N) is 1. The summed E-state index contributed by atoms with van der Waals surface area (Å²) in [5.74, 6) is 0. The van der Waals surface area contributed by atoms with Crippen molar-refractivity contribution in [2.45, 2.75) is 6.92 Å². The summed E-state index contributed by atoms with van der Waals surface area (Å²) in [5, 5.41) is 1.67. The second-order valence-corrected chi connectivity index (χ2v) is 5.69. The Hall–Kier alpha value is -1.58. The van der Waals surface area contributed by atoms with Gasteiger partial charge in [0.2, 0.25) is 0 Å². The highest BCUT2D eigenvalue weighted by molar-refractivity contribution is 7.21. The zero-order valence-electron chi connectivity index (χ0n) is 9.77. The summed E-state index contributed by atoms with van der Waals surface area (Å²) in [6.45, 7) is 2.05. The lowest BCUT2D eigenvalue weighted by molar-refractivity contribution is 1.43. The molecule has 0 aliphatic carbocycles. The van der Waals surface area contributed by atoms with Crippen molar-refractivity contribution in [2.75, 3.05) is 5.73 Å². The first kappa shape index (κ1) is 11.5. The minimum atomic E-state index is 0.731. The lowest BCUT2D eigenvalue weighted by Gasteiger charge is -2.02. The molecule has 3 aromatic rings. The number of anilines is 1. The Morgan fingerprint density at radius 1 is 1.17 bits per heavy atom. The van der Waals surface area contributed by atoms with Crippen LogP contribution in [0.25, 0.3) is 20.8 Å². The van der Waals surface area contributed by atoms with E-state index in [1.54, 1.807) is 11.3 Å². The lowest BCUT2D eigenvalue weighted by atomic mass is 10.1. The van der Waals surface area contributed by atoms with Crippen molar-refractivity contribution in [3.8, 4) is 10.6 Å². The van der Waals surface area contributed by atoms with E-state index in [1.165, 1.54) is 5.56 Å². The summed E-state index contributed by atoms with van der Waals surface area (Å²) in [5.41, 5.74) is 9.90. The summed E-state index contributed by atoms with van der Waals surface area (Å²) >= 11 is 7.60. The van der Waals surface area contributed by atoms with Crippen LogP contribution >= 0.6 is 22.9 Å². The van der Waals surface area contributed by atoms with Crippen molar-refractivity contribution in [2.24, 2.45) is 0 Å². The number of thiazole rings is 1. The van der Waals surface area contributed by atoms with Gasteiger partial charge in [0.25, 0.3) is 0 Å². The molecule has 0 atom stereocenters. The second-order valence-electron chi connectivity index (χ2n) is 4.22. The number of hydrogen-bond acceptors (Lipinski definition) is 3. The average Bonchev–Trinajstić information content (AvgIpc) is 2.74. The van der Waals surface area contributed by atoms with Crippen molar-refractivity contribution in [3.63, 3.8) is 0 Å². The van der Waals surface area contributed by atoms with E-state index in [0.29, 0.717) is 0 Å². The molecule has 90 valence electrons. The normalized spacial score (nSPS) is 11.0. The Morgan fingerprint density at radius 3 is 2.83 bits per heavy atom. The molecular formula is C14H11ClN2S. The van der Waals surface area contributed by atoms with Gasteiger partial charge in [-0.05, 0) is 37.3 Å². The fourth-order valence-corrected chi connectivity index (χ4v) is 3.15. The van der Waals surface area contributed by atoms with Gasteiger partial charge >= 0.3 is 0 Å². The molecule has 1 aromatic heterocycles. The maximum atomic E-state index is 6.01. The van der Waals surface area contributed by atoms with E-state index in [9.17, 15) is 0 Å². The number of benzene rings is 2. The zero-order chi connectivity index (χ0) is 12.7. The molecule has 0 radical (unpaired) electrons. The number of rotatable bonds is 1. The van der Waals surface area contributed by atoms with Gasteiger partial charge in [0.1, 0.15) is 5.01 Å². The molecule has 1 heterocycles. The van der Waals surface area contributed by atoms with Crippen LogP contribution in [-0.4, -0.2) is 4.98 Å². The fraction of sp³-hybridized carbons (Fsp3) is 0.0714. The van der Waals surface area contributed by atoms with Gasteiger partial charge in [0.05, 0.1) is 10.2 Å². The van der Waals surface area contributed by atoms with E-state index in [4.69, 9.17) is 17.3 Å². The standard InChI is InChI=1S/C14H11ClN2S/c1-8-2-4-11(16)10(6-8)14-17-12-5-3-9(15)7-13(12)18-14/h2-7H,16H2,1H3. The predicted molar refractivity (Wildman–Crippen MR) is 79.2 cm³/mol. The van der Waals surface area contributed by atoms with Crippen LogP contribution in [0.3, 0.4) is 0 Å². The fourth-order valence-electron chi connectivity index (χ4n) is 1.87. The molecule has 0 saturated heterocycles. The number of fused-ring (bicyclic) bond motifs is 1. The van der Waals surface area contributed by atoms with Gasteiger partial charge in [-0.25, -0.2) is 4.98 Å². The average molecular weight is 275 g/mol. The highest BCUT2D eigenvalue weighted by atomic mass is 35.5. The third-order valence-electron chi connectivity index (χ3n) is 2.79. The first-order valence-electron chi connectivity index (χ1n) is 5.56. The van der Waals surface area contributed by atoms with Gasteiger partial charge in [0.15, 0.2) is 0 Å². The molecular weight excluding hydrogens is 264 g/mol. The van der Waals surface area contributed by atoms with Crippen LogP contribution in [0.2, 0.25) is 5.02 Å². The van der Waals surface area contributed by atoms with Crippen molar-refractivity contribution >= 4 is 38.8 Å². The van der Waals surface area contributed by atoms with Crippen molar-refractivity contribution in [1.82, 2.24) is 4.98 Å². The maximum absolute atomic E-state index is 6.01. The molecule has 0 aliphatic heterocycles. The topological polar surface area (TPSA) is 38.9 Å². The molecule has 0 fully saturated rings. The van der Waals surface area contributed by atoms with E-state index >= 15 is 0 Å². The Kier molecular flexibility index (Phi) is 2.73. The molecule has 0 bridgehead atoms. The van der Waals surface area contributed by atoms with Crippen LogP contribution in [0.15, 0.2) is 36.4 Å². The molecule has 2 aromatic carbocycles.